The van der Waals surface area contributed by atoms with Gasteiger partial charge in [-0.05, 0) is 25.1 Å². The Labute approximate surface area is 105 Å². The minimum atomic E-state index is 0.624. The number of aromatic nitrogens is 2. The highest BCUT2D eigenvalue weighted by Gasteiger charge is 2.09. The molecule has 0 radical (unpaired) electrons. The molecule has 2 N–H and O–H groups in total. The molecule has 3 aromatic rings. The molecule has 0 saturated heterocycles. The van der Waals surface area contributed by atoms with Crippen molar-refractivity contribution >= 4 is 16.8 Å². The molecule has 0 saturated carbocycles. The first kappa shape index (κ1) is 10.8. The Morgan fingerprint density at radius 2 is 2.00 bits per heavy atom. The summed E-state index contributed by atoms with van der Waals surface area (Å²) in [5.41, 5.74) is 8.93. The number of fused-ring (bicyclic) bond motifs is 1. The van der Waals surface area contributed by atoms with Crippen LogP contribution in [0.1, 0.15) is 6.92 Å². The number of pyridine rings is 1. The van der Waals surface area contributed by atoms with Crippen LogP contribution in [0.3, 0.4) is 0 Å². The largest absolute Gasteiger partial charge is 0.436 e. The Morgan fingerprint density at radius 3 is 2.72 bits per heavy atom. The second kappa shape index (κ2) is 4.14. The van der Waals surface area contributed by atoms with E-state index in [4.69, 9.17) is 10.2 Å². The van der Waals surface area contributed by atoms with Gasteiger partial charge in [0.25, 0.3) is 0 Å². The van der Waals surface area contributed by atoms with Crippen LogP contribution in [-0.4, -0.2) is 4.98 Å². The molecule has 0 amide bonds. The molecule has 4 nitrogen and oxygen atoms in total. The SMILES string of the molecule is CC[n+]1ccc(-c2nc3cc(N)ccc3o2)cc1. The molecule has 0 aliphatic carbocycles. The standard InChI is InChI=1S/C14H14N3O/c1-2-17-7-5-10(6-8-17)14-16-12-9-11(15)3-4-13(12)18-14/h3-9H,2,15H2,1H3/q+1. The highest BCUT2D eigenvalue weighted by atomic mass is 16.3. The third-order valence-corrected chi connectivity index (χ3v) is 2.91. The van der Waals surface area contributed by atoms with Crippen molar-refractivity contribution in [2.45, 2.75) is 13.5 Å². The van der Waals surface area contributed by atoms with Crippen LogP contribution >= 0.6 is 0 Å². The maximum absolute atomic E-state index is 5.72. The van der Waals surface area contributed by atoms with Crippen molar-refractivity contribution < 1.29 is 8.98 Å². The lowest BCUT2D eigenvalue weighted by molar-refractivity contribution is -0.693. The maximum atomic E-state index is 5.72. The third-order valence-electron chi connectivity index (χ3n) is 2.91. The summed E-state index contributed by atoms with van der Waals surface area (Å²) in [7, 11) is 0. The normalized spacial score (nSPS) is 10.9. The highest BCUT2D eigenvalue weighted by molar-refractivity contribution is 5.79. The second-order valence-corrected chi connectivity index (χ2v) is 4.16. The van der Waals surface area contributed by atoms with Gasteiger partial charge >= 0.3 is 0 Å². The smallest absolute Gasteiger partial charge is 0.227 e. The summed E-state index contributed by atoms with van der Waals surface area (Å²) in [5.74, 6) is 0.624. The predicted molar refractivity (Wildman–Crippen MR) is 69.7 cm³/mol. The molecule has 0 unspecified atom stereocenters. The Balaban J connectivity index is 2.07. The number of oxazole rings is 1. The average molecular weight is 240 g/mol. The molecular weight excluding hydrogens is 226 g/mol. The van der Waals surface area contributed by atoms with Crippen molar-refractivity contribution in [3.05, 3.63) is 42.7 Å². The molecular formula is C14H14N3O+. The molecule has 0 spiro atoms. The van der Waals surface area contributed by atoms with Crippen LogP contribution in [0.4, 0.5) is 5.69 Å². The summed E-state index contributed by atoms with van der Waals surface area (Å²) in [6, 6.07) is 9.47. The van der Waals surface area contributed by atoms with Gasteiger partial charge in [-0.15, -0.1) is 0 Å². The van der Waals surface area contributed by atoms with Crippen LogP contribution < -0.4 is 10.3 Å². The van der Waals surface area contributed by atoms with Crippen LogP contribution in [0.5, 0.6) is 0 Å². The Kier molecular flexibility index (Phi) is 2.48. The lowest BCUT2D eigenvalue weighted by atomic mass is 10.2. The molecule has 0 fully saturated rings. The number of hydrogen-bond acceptors (Lipinski definition) is 3. The number of hydrogen-bond donors (Lipinski definition) is 1. The van der Waals surface area contributed by atoms with Gasteiger partial charge in [-0.1, -0.05) is 0 Å². The molecule has 0 aliphatic heterocycles. The van der Waals surface area contributed by atoms with Crippen LogP contribution in [0.25, 0.3) is 22.6 Å². The zero-order valence-corrected chi connectivity index (χ0v) is 10.1. The van der Waals surface area contributed by atoms with E-state index in [0.29, 0.717) is 11.6 Å². The Bertz CT molecular complexity index is 686. The molecule has 4 heteroatoms. The third kappa shape index (κ3) is 1.82. The zero-order chi connectivity index (χ0) is 12.5. The van der Waals surface area contributed by atoms with Gasteiger partial charge in [0.05, 0.1) is 0 Å². The molecule has 3 rings (SSSR count). The summed E-state index contributed by atoms with van der Waals surface area (Å²) >= 11 is 0. The number of anilines is 1. The maximum Gasteiger partial charge on any atom is 0.227 e. The van der Waals surface area contributed by atoms with E-state index in [1.54, 1.807) is 0 Å². The predicted octanol–water partition coefficient (Wildman–Crippen LogP) is 2.38. The fourth-order valence-corrected chi connectivity index (χ4v) is 1.88. The van der Waals surface area contributed by atoms with Crippen molar-refractivity contribution in [3.63, 3.8) is 0 Å². The lowest BCUT2D eigenvalue weighted by Crippen LogP contribution is -2.30. The van der Waals surface area contributed by atoms with Crippen molar-refractivity contribution in [3.8, 4) is 11.5 Å². The van der Waals surface area contributed by atoms with Crippen LogP contribution in [-0.2, 0) is 6.54 Å². The van der Waals surface area contributed by atoms with Crippen LogP contribution in [0, 0.1) is 0 Å². The van der Waals surface area contributed by atoms with Gasteiger partial charge in [0.1, 0.15) is 12.1 Å². The molecule has 2 aromatic heterocycles. The van der Waals surface area contributed by atoms with Gasteiger partial charge in [0.15, 0.2) is 18.0 Å². The summed E-state index contributed by atoms with van der Waals surface area (Å²) in [6.07, 6.45) is 4.02. The number of benzene rings is 1. The van der Waals surface area contributed by atoms with Gasteiger partial charge in [-0.3, -0.25) is 0 Å². The van der Waals surface area contributed by atoms with Gasteiger partial charge in [-0.25, -0.2) is 9.55 Å². The van der Waals surface area contributed by atoms with Gasteiger partial charge in [0, 0.05) is 23.4 Å². The first-order valence-electron chi connectivity index (χ1n) is 5.92. The van der Waals surface area contributed by atoms with Crippen molar-refractivity contribution in [1.82, 2.24) is 4.98 Å². The van der Waals surface area contributed by atoms with E-state index in [9.17, 15) is 0 Å². The van der Waals surface area contributed by atoms with Crippen LogP contribution in [0.2, 0.25) is 0 Å². The number of nitrogens with two attached hydrogens (primary N) is 1. The quantitative estimate of drug-likeness (QED) is 0.552. The molecule has 0 bridgehead atoms. The Morgan fingerprint density at radius 1 is 1.22 bits per heavy atom. The molecule has 1 aromatic carbocycles. The van der Waals surface area contributed by atoms with Crippen molar-refractivity contribution in [2.24, 2.45) is 0 Å². The van der Waals surface area contributed by atoms with E-state index >= 15 is 0 Å². The summed E-state index contributed by atoms with van der Waals surface area (Å²) in [6.45, 7) is 3.05. The molecule has 2 heterocycles. The topological polar surface area (TPSA) is 55.9 Å². The fraction of sp³-hybridized carbons (Fsp3) is 0.143. The highest BCUT2D eigenvalue weighted by Crippen LogP contribution is 2.24. The summed E-state index contributed by atoms with van der Waals surface area (Å²) in [5, 5.41) is 0. The Hall–Kier alpha value is -2.36. The van der Waals surface area contributed by atoms with E-state index < -0.39 is 0 Å². The molecule has 0 atom stereocenters. The number of aryl methyl sites for hydroxylation is 1. The van der Waals surface area contributed by atoms with E-state index in [0.717, 1.165) is 23.2 Å². The van der Waals surface area contributed by atoms with E-state index in [1.807, 2.05) is 42.7 Å². The van der Waals surface area contributed by atoms with Crippen molar-refractivity contribution in [1.29, 1.82) is 0 Å². The van der Waals surface area contributed by atoms with Gasteiger partial charge < -0.3 is 10.2 Å². The van der Waals surface area contributed by atoms with E-state index in [-0.39, 0.29) is 0 Å². The van der Waals surface area contributed by atoms with Gasteiger partial charge in [-0.2, -0.15) is 0 Å². The minimum absolute atomic E-state index is 0.624. The second-order valence-electron chi connectivity index (χ2n) is 4.16. The summed E-state index contributed by atoms with van der Waals surface area (Å²) < 4.78 is 7.79. The number of rotatable bonds is 2. The van der Waals surface area contributed by atoms with E-state index in [2.05, 4.69) is 16.5 Å². The molecule has 0 aliphatic rings. The molecule has 18 heavy (non-hydrogen) atoms. The first-order chi connectivity index (χ1) is 8.76. The van der Waals surface area contributed by atoms with E-state index in [1.165, 1.54) is 0 Å². The number of nitrogens with zero attached hydrogens (tertiary/aromatic N) is 2. The lowest BCUT2D eigenvalue weighted by Gasteiger charge is -1.93. The number of nitrogen functional groups attached to an aromatic ring is 1. The minimum Gasteiger partial charge on any atom is -0.436 e. The monoisotopic (exact) mass is 240 g/mol. The van der Waals surface area contributed by atoms with Crippen LogP contribution in [0.15, 0.2) is 47.1 Å². The van der Waals surface area contributed by atoms with Gasteiger partial charge in [0.2, 0.25) is 5.89 Å². The van der Waals surface area contributed by atoms with Crippen molar-refractivity contribution in [2.75, 3.05) is 5.73 Å². The molecule has 90 valence electrons. The summed E-state index contributed by atoms with van der Waals surface area (Å²) in [4.78, 5) is 4.44. The first-order valence-corrected chi connectivity index (χ1v) is 5.92. The average Bonchev–Trinajstić information content (AvgIpc) is 2.81. The fourth-order valence-electron chi connectivity index (χ4n) is 1.88. The zero-order valence-electron chi connectivity index (χ0n) is 10.1.